The van der Waals surface area contributed by atoms with E-state index in [4.69, 9.17) is 9.47 Å². The third kappa shape index (κ3) is 5.86. The quantitative estimate of drug-likeness (QED) is 0.465. The molecule has 6 nitrogen and oxygen atoms in total. The number of carbonyl (C=O) groups excluding carboxylic acids is 1. The van der Waals surface area contributed by atoms with Crippen LogP contribution in [-0.2, 0) is 6.54 Å². The maximum Gasteiger partial charge on any atom is 0.255 e. The minimum Gasteiger partial charge on any atom is -0.494 e. The van der Waals surface area contributed by atoms with E-state index in [1.807, 2.05) is 62.4 Å². The van der Waals surface area contributed by atoms with Crippen molar-refractivity contribution >= 4 is 5.91 Å². The molecular formula is C24H29N3O3. The van der Waals surface area contributed by atoms with E-state index in [1.165, 1.54) is 0 Å². The molecule has 0 atom stereocenters. The van der Waals surface area contributed by atoms with Gasteiger partial charge in [0, 0.05) is 12.1 Å². The van der Waals surface area contributed by atoms with Crippen molar-refractivity contribution in [3.8, 4) is 22.8 Å². The van der Waals surface area contributed by atoms with Crippen molar-refractivity contribution in [2.45, 2.75) is 46.3 Å². The summed E-state index contributed by atoms with van der Waals surface area (Å²) in [6.07, 6.45) is 3.81. The van der Waals surface area contributed by atoms with E-state index >= 15 is 0 Å². The van der Waals surface area contributed by atoms with E-state index in [0.717, 1.165) is 35.5 Å². The number of hydrogen-bond acceptors (Lipinski definition) is 4. The Balaban J connectivity index is 1.61. The molecule has 0 radical (unpaired) electrons. The van der Waals surface area contributed by atoms with Gasteiger partial charge in [-0.1, -0.05) is 25.5 Å². The minimum atomic E-state index is -0.176. The summed E-state index contributed by atoms with van der Waals surface area (Å²) in [6, 6.07) is 15.4. The number of nitrogens with one attached hydrogen (secondary N) is 2. The van der Waals surface area contributed by atoms with Crippen molar-refractivity contribution in [3.05, 3.63) is 65.9 Å². The molecule has 158 valence electrons. The minimum absolute atomic E-state index is 0.132. The van der Waals surface area contributed by atoms with Gasteiger partial charge in [0.2, 0.25) is 0 Å². The molecule has 0 saturated heterocycles. The molecule has 1 heterocycles. The zero-order chi connectivity index (χ0) is 21.3. The molecule has 0 unspecified atom stereocenters. The smallest absolute Gasteiger partial charge is 0.255 e. The molecular weight excluding hydrogens is 378 g/mol. The number of carbonyl (C=O) groups is 1. The van der Waals surface area contributed by atoms with Gasteiger partial charge >= 0.3 is 0 Å². The van der Waals surface area contributed by atoms with E-state index in [2.05, 4.69) is 22.4 Å². The molecule has 0 aliphatic carbocycles. The van der Waals surface area contributed by atoms with Crippen LogP contribution in [0.25, 0.3) is 11.3 Å². The van der Waals surface area contributed by atoms with Crippen LogP contribution in [0.4, 0.5) is 0 Å². The van der Waals surface area contributed by atoms with Crippen molar-refractivity contribution in [3.63, 3.8) is 0 Å². The summed E-state index contributed by atoms with van der Waals surface area (Å²) in [7, 11) is 0. The van der Waals surface area contributed by atoms with Crippen molar-refractivity contribution in [2.24, 2.45) is 0 Å². The van der Waals surface area contributed by atoms with E-state index in [-0.39, 0.29) is 12.0 Å². The first kappa shape index (κ1) is 21.4. The van der Waals surface area contributed by atoms with Gasteiger partial charge in [-0.15, -0.1) is 0 Å². The fourth-order valence-corrected chi connectivity index (χ4v) is 2.97. The first-order valence-corrected chi connectivity index (χ1v) is 10.4. The Kier molecular flexibility index (Phi) is 7.49. The molecule has 0 aliphatic heterocycles. The van der Waals surface area contributed by atoms with Crippen LogP contribution in [0.3, 0.4) is 0 Å². The highest BCUT2D eigenvalue weighted by Gasteiger charge is 2.15. The number of rotatable bonds is 10. The number of unbranched alkanes of at least 4 members (excludes halogenated alkanes) is 1. The van der Waals surface area contributed by atoms with Crippen LogP contribution >= 0.6 is 0 Å². The van der Waals surface area contributed by atoms with Gasteiger partial charge < -0.3 is 14.8 Å². The average Bonchev–Trinajstić information content (AvgIpc) is 3.23. The second kappa shape index (κ2) is 10.5. The Labute approximate surface area is 177 Å². The Morgan fingerprint density at radius 2 is 1.77 bits per heavy atom. The zero-order valence-electron chi connectivity index (χ0n) is 17.8. The molecule has 0 aliphatic rings. The first-order chi connectivity index (χ1) is 14.6. The van der Waals surface area contributed by atoms with Crippen molar-refractivity contribution < 1.29 is 14.3 Å². The standard InChI is InChI=1S/C24H29N3O3/c1-4-5-14-29-20-12-8-19(9-13-20)23-22(16-26-27-23)24(28)25-15-18-6-10-21(11-7-18)30-17(2)3/h6-13,16-17H,4-5,14-15H2,1-3H3,(H,25,28)(H,26,27). The van der Waals surface area contributed by atoms with Gasteiger partial charge in [-0.05, 0) is 62.2 Å². The van der Waals surface area contributed by atoms with E-state index in [0.29, 0.717) is 24.4 Å². The van der Waals surface area contributed by atoms with E-state index in [9.17, 15) is 4.79 Å². The summed E-state index contributed by atoms with van der Waals surface area (Å²) < 4.78 is 11.3. The second-order valence-corrected chi connectivity index (χ2v) is 7.38. The first-order valence-electron chi connectivity index (χ1n) is 10.4. The fourth-order valence-electron chi connectivity index (χ4n) is 2.97. The van der Waals surface area contributed by atoms with Gasteiger partial charge in [0.15, 0.2) is 0 Å². The highest BCUT2D eigenvalue weighted by atomic mass is 16.5. The lowest BCUT2D eigenvalue weighted by molar-refractivity contribution is 0.0951. The molecule has 0 saturated carbocycles. The molecule has 1 aromatic heterocycles. The summed E-state index contributed by atoms with van der Waals surface area (Å²) in [5.74, 6) is 1.46. The lowest BCUT2D eigenvalue weighted by Crippen LogP contribution is -2.23. The third-order valence-corrected chi connectivity index (χ3v) is 4.54. The van der Waals surface area contributed by atoms with Gasteiger partial charge in [-0.25, -0.2) is 0 Å². The normalized spacial score (nSPS) is 10.8. The topological polar surface area (TPSA) is 76.2 Å². The van der Waals surface area contributed by atoms with Crippen LogP contribution in [0.5, 0.6) is 11.5 Å². The molecule has 3 rings (SSSR count). The maximum atomic E-state index is 12.7. The zero-order valence-corrected chi connectivity index (χ0v) is 17.8. The van der Waals surface area contributed by atoms with Crippen LogP contribution in [0.2, 0.25) is 0 Å². The van der Waals surface area contributed by atoms with Gasteiger partial charge in [-0.2, -0.15) is 5.10 Å². The average molecular weight is 408 g/mol. The maximum absolute atomic E-state index is 12.7. The number of H-pyrrole nitrogens is 1. The monoisotopic (exact) mass is 407 g/mol. The molecule has 1 amide bonds. The summed E-state index contributed by atoms with van der Waals surface area (Å²) in [5.41, 5.74) is 3.08. The van der Waals surface area contributed by atoms with Crippen molar-refractivity contribution in [1.82, 2.24) is 15.5 Å². The Morgan fingerprint density at radius 3 is 2.43 bits per heavy atom. The van der Waals surface area contributed by atoms with Gasteiger partial charge in [-0.3, -0.25) is 9.89 Å². The molecule has 2 N–H and O–H groups in total. The van der Waals surface area contributed by atoms with Crippen LogP contribution in [-0.4, -0.2) is 28.8 Å². The Morgan fingerprint density at radius 1 is 1.07 bits per heavy atom. The molecule has 0 bridgehead atoms. The lowest BCUT2D eigenvalue weighted by atomic mass is 10.1. The predicted molar refractivity (Wildman–Crippen MR) is 118 cm³/mol. The largest absolute Gasteiger partial charge is 0.494 e. The Hall–Kier alpha value is -3.28. The van der Waals surface area contributed by atoms with Crippen LogP contribution in [0.1, 0.15) is 49.5 Å². The number of hydrogen-bond donors (Lipinski definition) is 2. The third-order valence-electron chi connectivity index (χ3n) is 4.54. The Bertz CT molecular complexity index is 931. The summed E-state index contributed by atoms with van der Waals surface area (Å²) >= 11 is 0. The number of nitrogens with zero attached hydrogens (tertiary/aromatic N) is 1. The molecule has 2 aromatic carbocycles. The highest BCUT2D eigenvalue weighted by molar-refractivity contribution is 5.99. The van der Waals surface area contributed by atoms with E-state index < -0.39 is 0 Å². The SMILES string of the molecule is CCCCOc1ccc(-c2[nH]ncc2C(=O)NCc2ccc(OC(C)C)cc2)cc1. The molecule has 30 heavy (non-hydrogen) atoms. The summed E-state index contributed by atoms with van der Waals surface area (Å²) in [4.78, 5) is 12.7. The highest BCUT2D eigenvalue weighted by Crippen LogP contribution is 2.24. The van der Waals surface area contributed by atoms with Crippen LogP contribution < -0.4 is 14.8 Å². The van der Waals surface area contributed by atoms with Crippen molar-refractivity contribution in [1.29, 1.82) is 0 Å². The second-order valence-electron chi connectivity index (χ2n) is 7.38. The summed E-state index contributed by atoms with van der Waals surface area (Å²) in [6.45, 7) is 7.24. The van der Waals surface area contributed by atoms with E-state index in [1.54, 1.807) is 6.20 Å². The summed E-state index contributed by atoms with van der Waals surface area (Å²) in [5, 5.41) is 9.95. The number of benzene rings is 2. The molecule has 6 heteroatoms. The van der Waals surface area contributed by atoms with Gasteiger partial charge in [0.05, 0.1) is 30.2 Å². The molecule has 0 fully saturated rings. The van der Waals surface area contributed by atoms with Gasteiger partial charge in [0.1, 0.15) is 11.5 Å². The lowest BCUT2D eigenvalue weighted by Gasteiger charge is -2.11. The number of amides is 1. The predicted octanol–water partition coefficient (Wildman–Crippen LogP) is 4.97. The van der Waals surface area contributed by atoms with Crippen LogP contribution in [0.15, 0.2) is 54.7 Å². The fraction of sp³-hybridized carbons (Fsp3) is 0.333. The molecule has 0 spiro atoms. The van der Waals surface area contributed by atoms with Gasteiger partial charge in [0.25, 0.3) is 5.91 Å². The van der Waals surface area contributed by atoms with Crippen LogP contribution in [0, 0.1) is 0 Å². The molecule has 3 aromatic rings. The number of aromatic amines is 1. The number of aromatic nitrogens is 2. The number of ether oxygens (including phenoxy) is 2. The van der Waals surface area contributed by atoms with Crippen molar-refractivity contribution in [2.75, 3.05) is 6.61 Å².